The van der Waals surface area contributed by atoms with Crippen molar-refractivity contribution in [1.82, 2.24) is 9.88 Å². The molecule has 0 aliphatic carbocycles. The molecule has 27 heavy (non-hydrogen) atoms. The van der Waals surface area contributed by atoms with Crippen LogP contribution in [0.25, 0.3) is 10.8 Å². The van der Waals surface area contributed by atoms with Crippen LogP contribution in [0.1, 0.15) is 24.3 Å². The predicted molar refractivity (Wildman–Crippen MR) is 95.4 cm³/mol. The summed E-state index contributed by atoms with van der Waals surface area (Å²) in [6.45, 7) is 1.87. The fraction of sp³-hybridized carbons (Fsp3) is 0.294. The third kappa shape index (κ3) is 4.76. The number of carbonyl (C=O) groups is 3. The van der Waals surface area contributed by atoms with Gasteiger partial charge in [0, 0.05) is 10.8 Å². The highest BCUT2D eigenvalue weighted by molar-refractivity contribution is 6.35. The fourth-order valence-corrected chi connectivity index (χ4v) is 2.66. The zero-order chi connectivity index (χ0) is 20.3. The van der Waals surface area contributed by atoms with Gasteiger partial charge in [-0.2, -0.15) is 0 Å². The number of pyridine rings is 1. The summed E-state index contributed by atoms with van der Waals surface area (Å²) < 4.78 is 5.54. The number of hydrogen-bond donors (Lipinski definition) is 3. The maximum Gasteiger partial charge on any atom is 0.323 e. The number of amides is 1. The number of hydrogen-bond acceptors (Lipinski definition) is 6. The SMILES string of the molecule is CC(C)Oc1ccc2c(Cl)nc(C(=O)N(CC(=O)O)CC(=O)O)c(O)c2c1. The number of ether oxygens (including phenoxy) is 1. The quantitative estimate of drug-likeness (QED) is 0.604. The molecule has 144 valence electrons. The molecule has 1 amide bonds. The summed E-state index contributed by atoms with van der Waals surface area (Å²) >= 11 is 6.09. The second-order valence-electron chi connectivity index (χ2n) is 5.92. The second kappa shape index (κ2) is 8.09. The molecule has 0 fully saturated rings. The molecule has 1 aromatic carbocycles. The number of nitrogens with zero attached hydrogens (tertiary/aromatic N) is 2. The lowest BCUT2D eigenvalue weighted by Crippen LogP contribution is -2.39. The van der Waals surface area contributed by atoms with Gasteiger partial charge in [-0.15, -0.1) is 0 Å². The van der Waals surface area contributed by atoms with Crippen molar-refractivity contribution in [3.8, 4) is 11.5 Å². The molecule has 1 aromatic heterocycles. The monoisotopic (exact) mass is 396 g/mol. The van der Waals surface area contributed by atoms with E-state index in [9.17, 15) is 19.5 Å². The molecule has 2 rings (SSSR count). The molecule has 0 atom stereocenters. The third-order valence-corrected chi connectivity index (χ3v) is 3.70. The van der Waals surface area contributed by atoms with Crippen LogP contribution in [0.2, 0.25) is 5.15 Å². The predicted octanol–water partition coefficient (Wildman–Crippen LogP) is 1.99. The van der Waals surface area contributed by atoms with E-state index in [-0.39, 0.29) is 16.6 Å². The Bertz CT molecular complexity index is 898. The van der Waals surface area contributed by atoms with Gasteiger partial charge in [0.05, 0.1) is 6.10 Å². The zero-order valence-corrected chi connectivity index (χ0v) is 15.2. The summed E-state index contributed by atoms with van der Waals surface area (Å²) in [7, 11) is 0. The minimum Gasteiger partial charge on any atom is -0.505 e. The van der Waals surface area contributed by atoms with Gasteiger partial charge in [0.15, 0.2) is 11.4 Å². The standard InChI is InChI=1S/C17H17ClN2O7/c1-8(2)27-9-3-4-10-11(5-9)15(25)14(19-16(10)18)17(26)20(6-12(21)22)7-13(23)24/h3-5,8,25H,6-7H2,1-2H3,(H,21,22)(H,23,24). The van der Waals surface area contributed by atoms with E-state index in [2.05, 4.69) is 4.98 Å². The van der Waals surface area contributed by atoms with Crippen molar-refractivity contribution in [2.24, 2.45) is 0 Å². The largest absolute Gasteiger partial charge is 0.505 e. The number of carboxylic acids is 2. The van der Waals surface area contributed by atoms with Crippen LogP contribution < -0.4 is 4.74 Å². The van der Waals surface area contributed by atoms with Gasteiger partial charge in [-0.1, -0.05) is 11.6 Å². The van der Waals surface area contributed by atoms with E-state index >= 15 is 0 Å². The molecule has 3 N–H and O–H groups in total. The Kier molecular flexibility index (Phi) is 6.06. The van der Waals surface area contributed by atoms with E-state index in [0.717, 1.165) is 0 Å². The van der Waals surface area contributed by atoms with E-state index in [1.165, 1.54) is 6.07 Å². The first-order valence-corrected chi connectivity index (χ1v) is 8.19. The molecule has 0 aliphatic heterocycles. The smallest absolute Gasteiger partial charge is 0.323 e. The highest BCUT2D eigenvalue weighted by atomic mass is 35.5. The van der Waals surface area contributed by atoms with Crippen LogP contribution >= 0.6 is 11.6 Å². The lowest BCUT2D eigenvalue weighted by atomic mass is 10.1. The number of benzene rings is 1. The molecule has 0 radical (unpaired) electrons. The molecule has 0 unspecified atom stereocenters. The molecule has 1 heterocycles. The van der Waals surface area contributed by atoms with Gasteiger partial charge in [0.25, 0.3) is 5.91 Å². The summed E-state index contributed by atoms with van der Waals surface area (Å²) in [5.74, 6) is -4.03. The number of aliphatic carboxylic acids is 2. The summed E-state index contributed by atoms with van der Waals surface area (Å²) in [4.78, 5) is 38.8. The fourth-order valence-electron chi connectivity index (χ4n) is 2.41. The number of fused-ring (bicyclic) bond motifs is 1. The Balaban J connectivity index is 2.55. The molecule has 0 aliphatic rings. The van der Waals surface area contributed by atoms with Crippen molar-refractivity contribution in [2.45, 2.75) is 20.0 Å². The van der Waals surface area contributed by atoms with Crippen LogP contribution in [0.3, 0.4) is 0 Å². The molecular weight excluding hydrogens is 380 g/mol. The van der Waals surface area contributed by atoms with Gasteiger partial charge in [-0.3, -0.25) is 14.4 Å². The van der Waals surface area contributed by atoms with Crippen LogP contribution in [0, 0.1) is 0 Å². The molecule has 0 saturated carbocycles. The number of aromatic hydroxyl groups is 1. The maximum absolute atomic E-state index is 12.6. The number of rotatable bonds is 7. The number of carbonyl (C=O) groups excluding carboxylic acids is 1. The topological polar surface area (TPSA) is 137 Å². The van der Waals surface area contributed by atoms with Crippen LogP contribution in [-0.2, 0) is 9.59 Å². The molecule has 0 spiro atoms. The molecular formula is C17H17ClN2O7. The van der Waals surface area contributed by atoms with Gasteiger partial charge < -0.3 is 25.0 Å². The highest BCUT2D eigenvalue weighted by Crippen LogP contribution is 2.35. The zero-order valence-electron chi connectivity index (χ0n) is 14.5. The maximum atomic E-state index is 12.6. The number of halogens is 1. The van der Waals surface area contributed by atoms with E-state index < -0.39 is 42.4 Å². The van der Waals surface area contributed by atoms with E-state index in [1.807, 2.05) is 13.8 Å². The first-order valence-electron chi connectivity index (χ1n) is 7.82. The molecule has 2 aromatic rings. The average Bonchev–Trinajstić information content (AvgIpc) is 2.55. The second-order valence-corrected chi connectivity index (χ2v) is 6.28. The van der Waals surface area contributed by atoms with Crippen molar-refractivity contribution in [3.05, 3.63) is 29.0 Å². The van der Waals surface area contributed by atoms with Crippen molar-refractivity contribution in [1.29, 1.82) is 0 Å². The Morgan fingerprint density at radius 1 is 1.15 bits per heavy atom. The van der Waals surface area contributed by atoms with Crippen LogP contribution in [0.15, 0.2) is 18.2 Å². The first-order chi connectivity index (χ1) is 12.6. The number of aromatic nitrogens is 1. The summed E-state index contributed by atoms with van der Waals surface area (Å²) in [5.41, 5.74) is -0.545. The van der Waals surface area contributed by atoms with Crippen LogP contribution in [0.4, 0.5) is 0 Å². The van der Waals surface area contributed by atoms with Crippen molar-refractivity contribution >= 4 is 40.2 Å². The summed E-state index contributed by atoms with van der Waals surface area (Å²) in [6, 6.07) is 4.65. The van der Waals surface area contributed by atoms with Crippen molar-refractivity contribution < 1.29 is 34.4 Å². The van der Waals surface area contributed by atoms with Crippen molar-refractivity contribution in [3.63, 3.8) is 0 Å². The van der Waals surface area contributed by atoms with Crippen LogP contribution in [-0.4, -0.2) is 62.2 Å². The van der Waals surface area contributed by atoms with Crippen LogP contribution in [0.5, 0.6) is 11.5 Å². The summed E-state index contributed by atoms with van der Waals surface area (Å²) in [6.07, 6.45) is -0.135. The summed E-state index contributed by atoms with van der Waals surface area (Å²) in [5, 5.41) is 28.7. The molecule has 10 heteroatoms. The van der Waals surface area contributed by atoms with E-state index in [0.29, 0.717) is 16.0 Å². The minimum atomic E-state index is -1.41. The van der Waals surface area contributed by atoms with Gasteiger partial charge in [0.1, 0.15) is 24.0 Å². The average molecular weight is 397 g/mol. The van der Waals surface area contributed by atoms with Gasteiger partial charge in [0.2, 0.25) is 0 Å². The lowest BCUT2D eigenvalue weighted by molar-refractivity contribution is -0.140. The van der Waals surface area contributed by atoms with E-state index in [4.69, 9.17) is 26.6 Å². The minimum absolute atomic E-state index is 0.104. The highest BCUT2D eigenvalue weighted by Gasteiger charge is 2.27. The van der Waals surface area contributed by atoms with Crippen molar-refractivity contribution in [2.75, 3.05) is 13.1 Å². The third-order valence-electron chi connectivity index (χ3n) is 3.42. The molecule has 0 saturated heterocycles. The Morgan fingerprint density at radius 3 is 2.26 bits per heavy atom. The Hall–Kier alpha value is -3.07. The molecule has 9 nitrogen and oxygen atoms in total. The Morgan fingerprint density at radius 2 is 1.74 bits per heavy atom. The van der Waals surface area contributed by atoms with Gasteiger partial charge in [-0.25, -0.2) is 4.98 Å². The lowest BCUT2D eigenvalue weighted by Gasteiger charge is -2.19. The first kappa shape index (κ1) is 20.2. The normalized spacial score (nSPS) is 10.8. The molecule has 0 bridgehead atoms. The number of carboxylic acid groups (broad SMARTS) is 2. The van der Waals surface area contributed by atoms with E-state index in [1.54, 1.807) is 12.1 Å². The van der Waals surface area contributed by atoms with Gasteiger partial charge in [-0.05, 0) is 32.0 Å². The van der Waals surface area contributed by atoms with Gasteiger partial charge >= 0.3 is 11.9 Å². The Labute approximate surface area is 158 Å².